The standard InChI is InChI=1S/C18H24ClNO5/c1-13(18(22)23-2)10-20(11-16-4-3-9-24-16)17(21)12-25-15-7-5-14(19)6-8-15/h5-8,13,16H,3-4,9-12H2,1-2H3. The zero-order valence-corrected chi connectivity index (χ0v) is 15.3. The largest absolute Gasteiger partial charge is 0.484 e. The van der Waals surface area contributed by atoms with E-state index < -0.39 is 5.92 Å². The van der Waals surface area contributed by atoms with Crippen molar-refractivity contribution >= 4 is 23.5 Å². The van der Waals surface area contributed by atoms with Crippen molar-refractivity contribution < 1.29 is 23.8 Å². The van der Waals surface area contributed by atoms with E-state index in [0.29, 0.717) is 23.9 Å². The lowest BCUT2D eigenvalue weighted by atomic mass is 10.1. The molecule has 0 bridgehead atoms. The Balaban J connectivity index is 1.95. The second kappa shape index (κ2) is 9.63. The van der Waals surface area contributed by atoms with Gasteiger partial charge < -0.3 is 19.1 Å². The van der Waals surface area contributed by atoms with Gasteiger partial charge >= 0.3 is 5.97 Å². The maximum atomic E-state index is 12.6. The maximum absolute atomic E-state index is 12.6. The third-order valence-electron chi connectivity index (χ3n) is 4.07. The van der Waals surface area contributed by atoms with Gasteiger partial charge in [0.15, 0.2) is 6.61 Å². The number of nitrogens with zero attached hydrogens (tertiary/aromatic N) is 1. The van der Waals surface area contributed by atoms with E-state index in [1.165, 1.54) is 7.11 Å². The third kappa shape index (κ3) is 6.21. The third-order valence-corrected chi connectivity index (χ3v) is 4.33. The normalized spacial score (nSPS) is 17.8. The quantitative estimate of drug-likeness (QED) is 0.659. The van der Waals surface area contributed by atoms with Crippen molar-refractivity contribution in [3.8, 4) is 5.75 Å². The predicted octanol–water partition coefficient (Wildman–Crippen LogP) is 2.54. The molecule has 2 unspecified atom stereocenters. The molecule has 0 aliphatic carbocycles. The van der Waals surface area contributed by atoms with Crippen LogP contribution in [0.2, 0.25) is 5.02 Å². The van der Waals surface area contributed by atoms with Crippen LogP contribution in [0.15, 0.2) is 24.3 Å². The summed E-state index contributed by atoms with van der Waals surface area (Å²) in [5.41, 5.74) is 0. The SMILES string of the molecule is COC(=O)C(C)CN(CC1CCCO1)C(=O)COc1ccc(Cl)cc1. The van der Waals surface area contributed by atoms with Crippen LogP contribution in [0, 0.1) is 5.92 Å². The molecule has 25 heavy (non-hydrogen) atoms. The number of amides is 1. The van der Waals surface area contributed by atoms with Crippen LogP contribution in [0.25, 0.3) is 0 Å². The van der Waals surface area contributed by atoms with Crippen molar-refractivity contribution in [3.05, 3.63) is 29.3 Å². The molecule has 1 aliphatic rings. The van der Waals surface area contributed by atoms with E-state index in [0.717, 1.165) is 12.8 Å². The fraction of sp³-hybridized carbons (Fsp3) is 0.556. The highest BCUT2D eigenvalue weighted by molar-refractivity contribution is 6.30. The highest BCUT2D eigenvalue weighted by Crippen LogP contribution is 2.17. The van der Waals surface area contributed by atoms with Crippen LogP contribution in [-0.4, -0.2) is 56.3 Å². The van der Waals surface area contributed by atoms with Gasteiger partial charge in [-0.05, 0) is 37.1 Å². The number of hydrogen-bond donors (Lipinski definition) is 0. The summed E-state index contributed by atoms with van der Waals surface area (Å²) in [5, 5.41) is 0.602. The summed E-state index contributed by atoms with van der Waals surface area (Å²) in [7, 11) is 1.34. The molecule has 1 aromatic carbocycles. The van der Waals surface area contributed by atoms with Gasteiger partial charge in [0.2, 0.25) is 0 Å². The van der Waals surface area contributed by atoms with Crippen LogP contribution >= 0.6 is 11.6 Å². The van der Waals surface area contributed by atoms with E-state index in [-0.39, 0.29) is 31.1 Å². The summed E-state index contributed by atoms with van der Waals surface area (Å²) >= 11 is 5.83. The first-order valence-electron chi connectivity index (χ1n) is 8.35. The molecule has 1 heterocycles. The maximum Gasteiger partial charge on any atom is 0.310 e. The first-order chi connectivity index (χ1) is 12.0. The number of benzene rings is 1. The Hall–Kier alpha value is -1.79. The second-order valence-electron chi connectivity index (χ2n) is 6.10. The summed E-state index contributed by atoms with van der Waals surface area (Å²) in [4.78, 5) is 25.9. The van der Waals surface area contributed by atoms with Gasteiger partial charge in [-0.3, -0.25) is 9.59 Å². The Kier molecular flexibility index (Phi) is 7.52. The van der Waals surface area contributed by atoms with Crippen molar-refractivity contribution in [1.29, 1.82) is 0 Å². The van der Waals surface area contributed by atoms with Crippen molar-refractivity contribution in [3.63, 3.8) is 0 Å². The predicted molar refractivity (Wildman–Crippen MR) is 93.7 cm³/mol. The van der Waals surface area contributed by atoms with Crippen LogP contribution in [0.4, 0.5) is 0 Å². The van der Waals surface area contributed by atoms with Crippen molar-refractivity contribution in [2.45, 2.75) is 25.9 Å². The Morgan fingerprint density at radius 2 is 2.08 bits per heavy atom. The number of rotatable bonds is 8. The average molecular weight is 370 g/mol. The fourth-order valence-electron chi connectivity index (χ4n) is 2.69. The second-order valence-corrected chi connectivity index (χ2v) is 6.54. The van der Waals surface area contributed by atoms with E-state index in [1.54, 1.807) is 36.1 Å². The van der Waals surface area contributed by atoms with Gasteiger partial charge in [-0.25, -0.2) is 0 Å². The van der Waals surface area contributed by atoms with E-state index in [4.69, 9.17) is 25.8 Å². The number of carbonyl (C=O) groups is 2. The van der Waals surface area contributed by atoms with Crippen LogP contribution < -0.4 is 4.74 Å². The summed E-state index contributed by atoms with van der Waals surface area (Å²) in [6.45, 7) is 3.06. The number of carbonyl (C=O) groups excluding carboxylic acids is 2. The monoisotopic (exact) mass is 369 g/mol. The smallest absolute Gasteiger partial charge is 0.310 e. The molecule has 1 aliphatic heterocycles. The average Bonchev–Trinajstić information content (AvgIpc) is 3.12. The van der Waals surface area contributed by atoms with E-state index in [9.17, 15) is 9.59 Å². The topological polar surface area (TPSA) is 65.1 Å². The first kappa shape index (κ1) is 19.5. The van der Waals surface area contributed by atoms with E-state index in [2.05, 4.69) is 0 Å². The molecule has 0 saturated carbocycles. The molecule has 7 heteroatoms. The molecule has 2 rings (SSSR count). The molecular formula is C18H24ClNO5. The highest BCUT2D eigenvalue weighted by atomic mass is 35.5. The zero-order chi connectivity index (χ0) is 18.2. The van der Waals surface area contributed by atoms with Gasteiger partial charge in [0.1, 0.15) is 5.75 Å². The van der Waals surface area contributed by atoms with Gasteiger partial charge in [-0.2, -0.15) is 0 Å². The number of esters is 1. The van der Waals surface area contributed by atoms with Crippen molar-refractivity contribution in [1.82, 2.24) is 4.90 Å². The van der Waals surface area contributed by atoms with Crippen LogP contribution in [0.3, 0.4) is 0 Å². The molecule has 0 N–H and O–H groups in total. The minimum absolute atomic E-state index is 0.00401. The first-order valence-corrected chi connectivity index (χ1v) is 8.73. The number of hydrogen-bond acceptors (Lipinski definition) is 5. The van der Waals surface area contributed by atoms with Gasteiger partial charge in [-0.1, -0.05) is 18.5 Å². The molecule has 1 fully saturated rings. The molecule has 0 radical (unpaired) electrons. The molecule has 1 amide bonds. The summed E-state index contributed by atoms with van der Waals surface area (Å²) < 4.78 is 15.9. The number of methoxy groups -OCH3 is 1. The Labute approximate surface area is 153 Å². The number of ether oxygens (including phenoxy) is 3. The van der Waals surface area contributed by atoms with Crippen LogP contribution in [0.1, 0.15) is 19.8 Å². The lowest BCUT2D eigenvalue weighted by molar-refractivity contribution is -0.147. The molecule has 0 aromatic heterocycles. The Bertz CT molecular complexity index is 571. The van der Waals surface area contributed by atoms with Crippen LogP contribution in [0.5, 0.6) is 5.75 Å². The molecule has 1 saturated heterocycles. The Morgan fingerprint density at radius 1 is 1.36 bits per heavy atom. The molecule has 138 valence electrons. The van der Waals surface area contributed by atoms with E-state index >= 15 is 0 Å². The van der Waals surface area contributed by atoms with Gasteiger partial charge in [0.25, 0.3) is 5.91 Å². The van der Waals surface area contributed by atoms with Crippen molar-refractivity contribution in [2.75, 3.05) is 33.4 Å². The highest BCUT2D eigenvalue weighted by Gasteiger charge is 2.26. The molecular weight excluding hydrogens is 346 g/mol. The lowest BCUT2D eigenvalue weighted by Crippen LogP contribution is -2.43. The summed E-state index contributed by atoms with van der Waals surface area (Å²) in [6, 6.07) is 6.81. The summed E-state index contributed by atoms with van der Waals surface area (Å²) in [5.74, 6) is -0.383. The van der Waals surface area contributed by atoms with Gasteiger partial charge in [-0.15, -0.1) is 0 Å². The van der Waals surface area contributed by atoms with E-state index in [1.807, 2.05) is 0 Å². The zero-order valence-electron chi connectivity index (χ0n) is 14.6. The number of halogens is 1. The molecule has 6 nitrogen and oxygen atoms in total. The minimum atomic E-state index is -0.411. The lowest BCUT2D eigenvalue weighted by Gasteiger charge is -2.27. The molecule has 1 aromatic rings. The van der Waals surface area contributed by atoms with Gasteiger partial charge in [0, 0.05) is 24.7 Å². The van der Waals surface area contributed by atoms with Gasteiger partial charge in [0.05, 0.1) is 19.1 Å². The molecule has 0 spiro atoms. The molecule has 2 atom stereocenters. The van der Waals surface area contributed by atoms with Crippen LogP contribution in [-0.2, 0) is 19.1 Å². The fourth-order valence-corrected chi connectivity index (χ4v) is 2.81. The van der Waals surface area contributed by atoms with Crippen molar-refractivity contribution in [2.24, 2.45) is 5.92 Å². The Morgan fingerprint density at radius 3 is 2.68 bits per heavy atom. The summed E-state index contributed by atoms with van der Waals surface area (Å²) in [6.07, 6.45) is 1.90. The minimum Gasteiger partial charge on any atom is -0.484 e.